The fourth-order valence-corrected chi connectivity index (χ4v) is 21.5. The van der Waals surface area contributed by atoms with Gasteiger partial charge in [0.05, 0.1) is 38.1 Å². The Morgan fingerprint density at radius 3 is 0.886 bits per heavy atom. The summed E-state index contributed by atoms with van der Waals surface area (Å²) in [7, 11) is 0. The van der Waals surface area contributed by atoms with Crippen molar-refractivity contribution in [2.75, 3.05) is 25.0 Å². The van der Waals surface area contributed by atoms with E-state index in [-0.39, 0.29) is 0 Å². The third-order valence-electron chi connectivity index (χ3n) is 6.52. The van der Waals surface area contributed by atoms with Crippen LogP contribution in [0.5, 0.6) is 0 Å². The summed E-state index contributed by atoms with van der Waals surface area (Å²) in [5, 5.41) is 0. The summed E-state index contributed by atoms with van der Waals surface area (Å²) < 4.78 is 12.6. The highest BCUT2D eigenvalue weighted by Gasteiger charge is 2.32. The normalized spacial score (nSPS) is 21.1. The highest BCUT2D eigenvalue weighted by Crippen LogP contribution is 2.63. The Bertz CT molecular complexity index is 1410. The molecule has 0 saturated carbocycles. The quantitative estimate of drug-likeness (QED) is 0.228. The molecule has 0 aromatic rings. The van der Waals surface area contributed by atoms with Gasteiger partial charge in [0, 0.05) is 16.7 Å². The maximum absolute atomic E-state index is 2.52. The number of hydrogen-bond acceptors (Lipinski definition) is 14. The van der Waals surface area contributed by atoms with E-state index in [0.717, 1.165) is 0 Å². The van der Waals surface area contributed by atoms with Gasteiger partial charge in [-0.2, -0.15) is 0 Å². The molecule has 0 nitrogen and oxygen atoms in total. The molecular formula is C30H32S14. The van der Waals surface area contributed by atoms with Gasteiger partial charge in [0.15, 0.2) is 0 Å². The molecule has 0 spiro atoms. The second-order valence-corrected chi connectivity index (χ2v) is 26.5. The number of thioether (sulfide) groups is 14. The molecule has 0 atom stereocenters. The maximum Gasteiger partial charge on any atom is 0.0657 e. The minimum Gasteiger partial charge on any atom is -0.121 e. The molecule has 44 heavy (non-hydrogen) atoms. The molecule has 0 aromatic heterocycles. The fourth-order valence-electron chi connectivity index (χ4n) is 3.91. The van der Waals surface area contributed by atoms with Crippen LogP contribution < -0.4 is 0 Å². The van der Waals surface area contributed by atoms with Crippen molar-refractivity contribution < 1.29 is 0 Å². The van der Waals surface area contributed by atoms with Crippen molar-refractivity contribution in [3.8, 4) is 0 Å². The van der Waals surface area contributed by atoms with Gasteiger partial charge in [-0.15, -0.1) is 47.0 Å². The van der Waals surface area contributed by atoms with Crippen LogP contribution in [0.1, 0.15) is 41.5 Å². The minimum atomic E-state index is 1.37. The Morgan fingerprint density at radius 1 is 0.386 bits per heavy atom. The number of rotatable bonds is 8. The van der Waals surface area contributed by atoms with Gasteiger partial charge in [-0.25, -0.2) is 0 Å². The van der Waals surface area contributed by atoms with Crippen LogP contribution >= 0.6 is 165 Å². The average molecular weight is 842 g/mol. The Hall–Kier alpha value is 2.30. The topological polar surface area (TPSA) is 0 Å². The fraction of sp³-hybridized carbons (Fsp3) is 0.333. The van der Waals surface area contributed by atoms with Crippen LogP contribution in [0.25, 0.3) is 0 Å². The van der Waals surface area contributed by atoms with Gasteiger partial charge >= 0.3 is 0 Å². The first-order valence-electron chi connectivity index (χ1n) is 13.2. The van der Waals surface area contributed by atoms with Gasteiger partial charge in [0.2, 0.25) is 0 Å². The number of hydrogen-bond donors (Lipinski definition) is 0. The molecule has 0 N–H and O–H groups in total. The van der Waals surface area contributed by atoms with Crippen molar-refractivity contribution in [1.82, 2.24) is 0 Å². The third-order valence-corrected chi connectivity index (χ3v) is 24.6. The highest BCUT2D eigenvalue weighted by molar-refractivity contribution is 8.41. The van der Waals surface area contributed by atoms with E-state index in [0.29, 0.717) is 0 Å². The van der Waals surface area contributed by atoms with E-state index in [2.05, 4.69) is 78.7 Å². The molecule has 5 rings (SSSR count). The van der Waals surface area contributed by atoms with Crippen LogP contribution in [0, 0.1) is 0 Å². The Labute approximate surface area is 323 Å². The molecule has 5 aliphatic heterocycles. The second-order valence-electron chi connectivity index (χ2n) is 9.32. The monoisotopic (exact) mass is 840 g/mol. The zero-order chi connectivity index (χ0) is 31.7. The summed E-state index contributed by atoms with van der Waals surface area (Å²) in [6.45, 7) is 13.7. The summed E-state index contributed by atoms with van der Waals surface area (Å²) >= 11 is 27.0. The van der Waals surface area contributed by atoms with Gasteiger partial charge in [-0.05, 0) is 108 Å². The predicted octanol–water partition coefficient (Wildman–Crippen LogP) is 16.2. The van der Waals surface area contributed by atoms with E-state index in [4.69, 9.17) is 0 Å². The van der Waals surface area contributed by atoms with Crippen LogP contribution in [0.3, 0.4) is 0 Å². The Kier molecular flexibility index (Phi) is 14.5. The Balaban J connectivity index is 1.74. The summed E-state index contributed by atoms with van der Waals surface area (Å²) in [5.74, 6) is 0. The van der Waals surface area contributed by atoms with Crippen molar-refractivity contribution in [3.63, 3.8) is 0 Å². The molecule has 0 fully saturated rings. The average Bonchev–Trinajstić information content (AvgIpc) is 3.81. The van der Waals surface area contributed by atoms with Crippen LogP contribution in [0.2, 0.25) is 0 Å². The van der Waals surface area contributed by atoms with Crippen LogP contribution in [-0.4, -0.2) is 25.0 Å². The van der Waals surface area contributed by atoms with Gasteiger partial charge < -0.3 is 0 Å². The van der Waals surface area contributed by atoms with Crippen molar-refractivity contribution in [2.45, 2.75) is 41.5 Å². The van der Waals surface area contributed by atoms with Gasteiger partial charge in [-0.3, -0.25) is 0 Å². The molecule has 0 bridgehead atoms. The summed E-state index contributed by atoms with van der Waals surface area (Å²) in [5.41, 5.74) is 4.12. The van der Waals surface area contributed by atoms with E-state index in [9.17, 15) is 0 Å². The van der Waals surface area contributed by atoms with Crippen molar-refractivity contribution in [2.24, 2.45) is 0 Å². The SMILES string of the molecule is CSC1=C(SC)SC(=CC(=C2SC(C)=C(C)S2)C(=C2SC(C)=C(C)S2)C(C=C2SC(SC)=C(SC)S2)=C2SC(C)=C(C)S2)S1. The first-order chi connectivity index (χ1) is 21.1. The summed E-state index contributed by atoms with van der Waals surface area (Å²) in [6, 6.07) is 0. The van der Waals surface area contributed by atoms with Gasteiger partial charge in [-0.1, -0.05) is 118 Å². The van der Waals surface area contributed by atoms with Gasteiger partial charge in [0.1, 0.15) is 0 Å². The minimum absolute atomic E-state index is 1.37. The molecule has 0 saturated heterocycles. The van der Waals surface area contributed by atoms with E-state index in [1.807, 2.05) is 165 Å². The maximum atomic E-state index is 2.52. The lowest BCUT2D eigenvalue weighted by Crippen LogP contribution is -1.98. The smallest absolute Gasteiger partial charge is 0.0657 e. The lowest BCUT2D eigenvalue weighted by Gasteiger charge is -2.19. The van der Waals surface area contributed by atoms with E-state index in [1.165, 1.54) is 84.3 Å². The molecule has 236 valence electrons. The highest BCUT2D eigenvalue weighted by atomic mass is 32.3. The zero-order valence-corrected chi connectivity index (χ0v) is 37.3. The molecule has 14 heteroatoms. The molecular weight excluding hydrogens is 809 g/mol. The molecule has 5 aliphatic rings. The van der Waals surface area contributed by atoms with Crippen molar-refractivity contribution >= 4 is 165 Å². The van der Waals surface area contributed by atoms with Gasteiger partial charge in [0.25, 0.3) is 0 Å². The molecule has 0 aromatic carbocycles. The second kappa shape index (κ2) is 17.0. The van der Waals surface area contributed by atoms with Crippen LogP contribution in [-0.2, 0) is 0 Å². The Morgan fingerprint density at radius 2 is 0.636 bits per heavy atom. The van der Waals surface area contributed by atoms with Crippen LogP contribution in [0.15, 0.2) is 96.4 Å². The van der Waals surface area contributed by atoms with Crippen LogP contribution in [0.4, 0.5) is 0 Å². The lowest BCUT2D eigenvalue weighted by atomic mass is 10.0. The van der Waals surface area contributed by atoms with Crippen molar-refractivity contribution in [3.05, 3.63) is 96.4 Å². The van der Waals surface area contributed by atoms with Crippen molar-refractivity contribution in [1.29, 1.82) is 0 Å². The molecule has 0 radical (unpaired) electrons. The largest absolute Gasteiger partial charge is 0.121 e. The predicted molar refractivity (Wildman–Crippen MR) is 236 cm³/mol. The lowest BCUT2D eigenvalue weighted by molar-refractivity contribution is 1.48. The summed E-state index contributed by atoms with van der Waals surface area (Å²) in [6.07, 6.45) is 13.9. The standard InChI is InChI=1S/C30H32S14/c1-13-14(2)36-24(35-13)19(11-21-41-27(31-7)28(32-8)42-21)23(26-39-17(5)18(6)40-26)20(25-37-15(3)16(4)38-25)12-22-43-29(33-9)30(34-10)44-22/h11-12H,1-10H3. The summed E-state index contributed by atoms with van der Waals surface area (Å²) in [4.78, 5) is 8.46. The van der Waals surface area contributed by atoms with E-state index < -0.39 is 0 Å². The third kappa shape index (κ3) is 8.60. The molecule has 0 aliphatic carbocycles. The van der Waals surface area contributed by atoms with E-state index >= 15 is 0 Å². The van der Waals surface area contributed by atoms with E-state index in [1.54, 1.807) is 0 Å². The molecule has 0 amide bonds. The first-order valence-corrected chi connectivity index (χ1v) is 26.3. The zero-order valence-electron chi connectivity index (χ0n) is 25.9. The molecule has 0 unspecified atom stereocenters. The molecule has 5 heterocycles. The number of allylic oxidation sites excluding steroid dienone is 11. The first kappa shape index (κ1) is 37.6.